The molecule has 0 saturated carbocycles. The Bertz CT molecular complexity index is 1360. The van der Waals surface area contributed by atoms with Crippen molar-refractivity contribution in [3.63, 3.8) is 0 Å². The maximum atomic E-state index is 13.5. The number of aliphatic hydroxyl groups excluding tert-OH is 3. The Hall–Kier alpha value is -3.73. The van der Waals surface area contributed by atoms with Crippen LogP contribution in [0.1, 0.15) is 15.9 Å². The van der Waals surface area contributed by atoms with Crippen molar-refractivity contribution in [1.82, 2.24) is 0 Å². The predicted molar refractivity (Wildman–Crippen MR) is 113 cm³/mol. The summed E-state index contributed by atoms with van der Waals surface area (Å²) < 4.78 is 0. The molecule has 33 heavy (non-hydrogen) atoms. The minimum Gasteiger partial charge on any atom is -0.510 e. The van der Waals surface area contributed by atoms with Gasteiger partial charge in [-0.2, -0.15) is 0 Å². The van der Waals surface area contributed by atoms with Crippen molar-refractivity contribution in [3.05, 3.63) is 64.1 Å². The number of primary amides is 1. The molecule has 0 aromatic heterocycles. The highest BCUT2D eigenvalue weighted by atomic mass is 16.4. The van der Waals surface area contributed by atoms with Gasteiger partial charge < -0.3 is 37.0 Å². The van der Waals surface area contributed by atoms with Crippen LogP contribution in [-0.4, -0.2) is 60.8 Å². The highest BCUT2D eigenvalue weighted by Gasteiger charge is 2.65. The lowest BCUT2D eigenvalue weighted by atomic mass is 9.57. The van der Waals surface area contributed by atoms with E-state index in [1.165, 1.54) is 0 Å². The monoisotopic (exact) mass is 452 g/mol. The molecule has 3 aliphatic rings. The zero-order valence-electron chi connectivity index (χ0n) is 17.0. The number of carbonyl (C=O) groups is 3. The summed E-state index contributed by atoms with van der Waals surface area (Å²) in [6, 6.07) is 6.82. The number of nitrogens with two attached hydrogens (primary N) is 2. The minimum absolute atomic E-state index is 0.0271. The van der Waals surface area contributed by atoms with E-state index in [2.05, 4.69) is 0 Å². The number of phenols is 1. The third kappa shape index (κ3) is 2.45. The summed E-state index contributed by atoms with van der Waals surface area (Å²) in [5, 5.41) is 55.6. The number of carbonyl (C=O) groups excluding carboxylic acids is 3. The van der Waals surface area contributed by atoms with E-state index >= 15 is 0 Å². The molecule has 0 heterocycles. The second-order valence-electron chi connectivity index (χ2n) is 8.64. The van der Waals surface area contributed by atoms with Crippen LogP contribution in [0.4, 0.5) is 0 Å². The number of rotatable bonds is 1. The van der Waals surface area contributed by atoms with Gasteiger partial charge in [0.05, 0.1) is 23.6 Å². The number of hydrogen-bond acceptors (Lipinski definition) is 9. The van der Waals surface area contributed by atoms with E-state index in [1.807, 2.05) is 0 Å². The molecule has 170 valence electrons. The first kappa shape index (κ1) is 21.1. The minimum atomic E-state index is -2.97. The van der Waals surface area contributed by atoms with Gasteiger partial charge in [0.1, 0.15) is 22.8 Å². The van der Waals surface area contributed by atoms with Crippen LogP contribution in [0.15, 0.2) is 53.0 Å². The van der Waals surface area contributed by atoms with Gasteiger partial charge in [0, 0.05) is 16.9 Å². The SMILES string of the molecule is NC(=O)C1=C(O)[C@@H](N)[C@@H]2[C@@H](O)[C@@H]3Cc4cc5ccccc5c(O)c4C(=O)C3=C(O)[C@]2(O)C1=O. The van der Waals surface area contributed by atoms with E-state index in [0.29, 0.717) is 16.3 Å². The van der Waals surface area contributed by atoms with Crippen molar-refractivity contribution in [1.29, 1.82) is 0 Å². The van der Waals surface area contributed by atoms with Gasteiger partial charge in [0.15, 0.2) is 11.4 Å². The highest BCUT2D eigenvalue weighted by molar-refractivity contribution is 6.25. The summed E-state index contributed by atoms with van der Waals surface area (Å²) in [7, 11) is 0. The second kappa shape index (κ2) is 6.64. The number of aromatic hydroxyl groups is 1. The molecular formula is C23H20N2O8. The third-order valence-electron chi connectivity index (χ3n) is 7.04. The smallest absolute Gasteiger partial charge is 0.255 e. The Morgan fingerprint density at radius 2 is 1.79 bits per heavy atom. The van der Waals surface area contributed by atoms with E-state index in [1.54, 1.807) is 30.3 Å². The molecule has 0 bridgehead atoms. The van der Waals surface area contributed by atoms with Gasteiger partial charge in [-0.3, -0.25) is 14.4 Å². The molecule has 9 N–H and O–H groups in total. The average molecular weight is 452 g/mol. The van der Waals surface area contributed by atoms with Gasteiger partial charge in [-0.05, 0) is 17.4 Å². The number of fused-ring (bicyclic) bond motifs is 4. The number of ketones is 2. The standard InChI is InChI=1S/C23H20N2O8/c24-15-14-17(27)10-6-8-5-7-3-1-2-4-9(7)16(26)11(8)18(28)12(10)20(30)23(14,33)21(31)13(19(15)29)22(25)32/h1-5,10,14-15,17,26-27,29-30,33H,6,24H2,(H2,25,32)/t10-,14-,15+,17+,23+/m1/s1. The maximum absolute atomic E-state index is 13.5. The zero-order valence-corrected chi connectivity index (χ0v) is 17.0. The normalized spacial score (nSPS) is 31.4. The van der Waals surface area contributed by atoms with Crippen LogP contribution in [-0.2, 0) is 16.0 Å². The molecule has 10 heteroatoms. The molecule has 0 aliphatic heterocycles. The van der Waals surface area contributed by atoms with Crippen LogP contribution in [0, 0.1) is 11.8 Å². The second-order valence-corrected chi connectivity index (χ2v) is 8.64. The van der Waals surface area contributed by atoms with Crippen LogP contribution in [0.3, 0.4) is 0 Å². The largest absolute Gasteiger partial charge is 0.510 e. The van der Waals surface area contributed by atoms with Gasteiger partial charge in [0.25, 0.3) is 5.91 Å². The van der Waals surface area contributed by atoms with Gasteiger partial charge in [0.2, 0.25) is 5.78 Å². The van der Waals surface area contributed by atoms with Gasteiger partial charge in [-0.1, -0.05) is 30.3 Å². The van der Waals surface area contributed by atoms with Gasteiger partial charge in [-0.25, -0.2) is 0 Å². The first-order valence-electron chi connectivity index (χ1n) is 10.2. The maximum Gasteiger partial charge on any atom is 0.255 e. The van der Waals surface area contributed by atoms with Crippen molar-refractivity contribution < 1.29 is 39.9 Å². The number of phenolic OH excluding ortho intramolecular Hbond substituents is 1. The van der Waals surface area contributed by atoms with Crippen LogP contribution in [0.5, 0.6) is 5.75 Å². The molecule has 1 amide bonds. The van der Waals surface area contributed by atoms with Gasteiger partial charge >= 0.3 is 0 Å². The average Bonchev–Trinajstić information content (AvgIpc) is 2.76. The predicted octanol–water partition coefficient (Wildman–Crippen LogP) is -0.358. The molecule has 2 aromatic carbocycles. The Kier molecular flexibility index (Phi) is 4.25. The quantitative estimate of drug-likeness (QED) is 0.282. The number of Topliss-reactive ketones (excluding diaryl/α,β-unsaturated/α-hetero) is 2. The Morgan fingerprint density at radius 1 is 1.12 bits per heavy atom. The molecule has 0 saturated heterocycles. The van der Waals surface area contributed by atoms with E-state index in [9.17, 15) is 39.9 Å². The third-order valence-corrected chi connectivity index (χ3v) is 7.04. The molecule has 0 radical (unpaired) electrons. The fourth-order valence-electron chi connectivity index (χ4n) is 5.49. The summed E-state index contributed by atoms with van der Waals surface area (Å²) in [5.74, 6) is -8.84. The lowest BCUT2D eigenvalue weighted by molar-refractivity contribution is -0.156. The van der Waals surface area contributed by atoms with E-state index in [-0.39, 0.29) is 17.7 Å². The van der Waals surface area contributed by atoms with Gasteiger partial charge in [-0.15, -0.1) is 0 Å². The molecule has 5 rings (SSSR count). The highest BCUT2D eigenvalue weighted by Crippen LogP contribution is 2.51. The molecule has 10 nitrogen and oxygen atoms in total. The fraction of sp³-hybridized carbons (Fsp3) is 0.261. The Morgan fingerprint density at radius 3 is 2.45 bits per heavy atom. The van der Waals surface area contributed by atoms with Crippen LogP contribution in [0.2, 0.25) is 0 Å². The first-order valence-corrected chi connectivity index (χ1v) is 10.2. The fourth-order valence-corrected chi connectivity index (χ4v) is 5.49. The van der Waals surface area contributed by atoms with Crippen molar-refractivity contribution in [2.45, 2.75) is 24.2 Å². The number of amides is 1. The van der Waals surface area contributed by atoms with Crippen LogP contribution < -0.4 is 11.5 Å². The molecule has 0 spiro atoms. The summed E-state index contributed by atoms with van der Waals surface area (Å²) >= 11 is 0. The molecule has 3 aliphatic carbocycles. The topological polar surface area (TPSA) is 204 Å². The Balaban J connectivity index is 1.78. The molecule has 0 fully saturated rings. The number of hydrogen-bond donors (Lipinski definition) is 7. The van der Waals surface area contributed by atoms with Crippen LogP contribution in [0.25, 0.3) is 10.8 Å². The zero-order chi connectivity index (χ0) is 24.0. The summed E-state index contributed by atoms with van der Waals surface area (Å²) in [6.45, 7) is 0. The number of aliphatic hydroxyl groups is 4. The van der Waals surface area contributed by atoms with Crippen molar-refractivity contribution >= 4 is 28.2 Å². The van der Waals surface area contributed by atoms with E-state index in [4.69, 9.17) is 11.5 Å². The molecule has 0 unspecified atom stereocenters. The Labute approximate surface area is 186 Å². The van der Waals surface area contributed by atoms with Crippen molar-refractivity contribution in [3.8, 4) is 5.75 Å². The summed E-state index contributed by atoms with van der Waals surface area (Å²) in [6.07, 6.45) is -1.69. The molecular weight excluding hydrogens is 432 g/mol. The van der Waals surface area contributed by atoms with E-state index in [0.717, 1.165) is 0 Å². The molecule has 5 atom stereocenters. The summed E-state index contributed by atoms with van der Waals surface area (Å²) in [5.41, 5.74) is 6.95. The lowest BCUT2D eigenvalue weighted by Gasteiger charge is -2.50. The number of benzene rings is 2. The van der Waals surface area contributed by atoms with Crippen molar-refractivity contribution in [2.24, 2.45) is 23.3 Å². The van der Waals surface area contributed by atoms with E-state index < -0.39 is 69.7 Å². The first-order chi connectivity index (χ1) is 15.5. The summed E-state index contributed by atoms with van der Waals surface area (Å²) in [4.78, 5) is 38.2. The molecule has 2 aromatic rings. The van der Waals surface area contributed by atoms with Crippen molar-refractivity contribution in [2.75, 3.05) is 0 Å². The lowest BCUT2D eigenvalue weighted by Crippen LogP contribution is -2.67. The van der Waals surface area contributed by atoms with Crippen LogP contribution >= 0.6 is 0 Å².